The number of nitrogens with one attached hydrogen (secondary N) is 2. The molecule has 23 heavy (non-hydrogen) atoms. The summed E-state index contributed by atoms with van der Waals surface area (Å²) in [5.74, 6) is 0. The first-order valence-corrected chi connectivity index (χ1v) is 8.80. The number of hydrogen-bond acceptors (Lipinski definition) is 4. The van der Waals surface area contributed by atoms with Gasteiger partial charge in [0.25, 0.3) is 0 Å². The number of rotatable bonds is 7. The molecule has 2 fully saturated rings. The Bertz CT molecular complexity index is 458. The molecule has 0 aromatic carbocycles. The summed E-state index contributed by atoms with van der Waals surface area (Å²) >= 11 is 0. The normalized spacial score (nSPS) is 39.3. The number of ether oxygens (including phenoxy) is 1. The van der Waals surface area contributed by atoms with Crippen molar-refractivity contribution in [3.05, 3.63) is 12.3 Å². The zero-order valence-electron chi connectivity index (χ0n) is 15.2. The van der Waals surface area contributed by atoms with Gasteiger partial charge in [-0.05, 0) is 60.6 Å². The van der Waals surface area contributed by atoms with E-state index < -0.39 is 0 Å². The van der Waals surface area contributed by atoms with Crippen LogP contribution in [0.2, 0.25) is 0 Å². The summed E-state index contributed by atoms with van der Waals surface area (Å²) in [7, 11) is 0. The van der Waals surface area contributed by atoms with Crippen molar-refractivity contribution < 1.29 is 9.84 Å². The molecule has 2 bridgehead atoms. The van der Waals surface area contributed by atoms with Gasteiger partial charge in [0.1, 0.15) is 0 Å². The number of allylic oxidation sites excluding steroid dienone is 1. The molecule has 3 unspecified atom stereocenters. The molecule has 4 nitrogen and oxygen atoms in total. The van der Waals surface area contributed by atoms with Gasteiger partial charge in [-0.2, -0.15) is 0 Å². The van der Waals surface area contributed by atoms with Gasteiger partial charge in [-0.3, -0.25) is 0 Å². The first-order chi connectivity index (χ1) is 10.7. The van der Waals surface area contributed by atoms with E-state index in [4.69, 9.17) is 10.1 Å². The molecule has 3 N–H and O–H groups in total. The average molecular weight is 322 g/mol. The Hall–Kier alpha value is -0.870. The van der Waals surface area contributed by atoms with Crippen LogP contribution in [0.1, 0.15) is 59.8 Å². The molecule has 0 aromatic heterocycles. The molecule has 0 aromatic rings. The van der Waals surface area contributed by atoms with E-state index in [9.17, 15) is 5.11 Å². The molecule has 2 aliphatic rings. The van der Waals surface area contributed by atoms with Crippen molar-refractivity contribution >= 4 is 6.21 Å². The highest BCUT2D eigenvalue weighted by atomic mass is 16.5. The Morgan fingerprint density at radius 1 is 1.09 bits per heavy atom. The second-order valence-electron chi connectivity index (χ2n) is 9.33. The molecule has 2 rings (SSSR count). The number of hydrogen-bond donors (Lipinski definition) is 3. The first-order valence-electron chi connectivity index (χ1n) is 8.80. The van der Waals surface area contributed by atoms with Gasteiger partial charge < -0.3 is 20.6 Å². The van der Waals surface area contributed by atoms with Crippen molar-refractivity contribution in [3.63, 3.8) is 0 Å². The van der Waals surface area contributed by atoms with E-state index in [-0.39, 0.29) is 28.5 Å². The molecular weight excluding hydrogens is 288 g/mol. The quantitative estimate of drug-likeness (QED) is 0.629. The SMILES string of the molecule is CC1(C)CC2(C)CC(C)(CN/C=C\C=N)CC(OCCO)(C1)C2. The highest BCUT2D eigenvalue weighted by Gasteiger charge is 2.57. The fourth-order valence-electron chi connectivity index (χ4n) is 6.08. The monoisotopic (exact) mass is 322 g/mol. The van der Waals surface area contributed by atoms with E-state index in [1.807, 2.05) is 6.20 Å². The van der Waals surface area contributed by atoms with Gasteiger partial charge in [0.15, 0.2) is 0 Å². The van der Waals surface area contributed by atoms with Gasteiger partial charge >= 0.3 is 0 Å². The molecule has 0 radical (unpaired) electrons. The Balaban J connectivity index is 2.20. The summed E-state index contributed by atoms with van der Waals surface area (Å²) in [4.78, 5) is 0. The second-order valence-corrected chi connectivity index (χ2v) is 9.33. The van der Waals surface area contributed by atoms with E-state index in [0.29, 0.717) is 6.61 Å². The van der Waals surface area contributed by atoms with Gasteiger partial charge in [-0.1, -0.05) is 27.7 Å². The molecule has 2 saturated carbocycles. The maximum absolute atomic E-state index is 9.25. The van der Waals surface area contributed by atoms with Crippen molar-refractivity contribution in [2.75, 3.05) is 19.8 Å². The molecule has 3 atom stereocenters. The minimum Gasteiger partial charge on any atom is -0.394 e. The van der Waals surface area contributed by atoms with Gasteiger partial charge in [0, 0.05) is 12.8 Å². The third-order valence-electron chi connectivity index (χ3n) is 5.40. The van der Waals surface area contributed by atoms with Crippen LogP contribution >= 0.6 is 0 Å². The Kier molecular flexibility index (Phi) is 5.27. The lowest BCUT2D eigenvalue weighted by Crippen LogP contribution is -2.58. The minimum absolute atomic E-state index is 0.0932. The number of fused-ring (bicyclic) bond motifs is 2. The van der Waals surface area contributed by atoms with Crippen molar-refractivity contribution in [1.82, 2.24) is 5.32 Å². The van der Waals surface area contributed by atoms with E-state index in [1.165, 1.54) is 19.1 Å². The van der Waals surface area contributed by atoms with Crippen LogP contribution in [0.3, 0.4) is 0 Å². The topological polar surface area (TPSA) is 65.3 Å². The van der Waals surface area contributed by atoms with Gasteiger partial charge in [0.2, 0.25) is 0 Å². The van der Waals surface area contributed by atoms with Crippen LogP contribution in [0.5, 0.6) is 0 Å². The Morgan fingerprint density at radius 3 is 2.48 bits per heavy atom. The maximum Gasteiger partial charge on any atom is 0.0705 e. The van der Waals surface area contributed by atoms with Crippen LogP contribution in [0.25, 0.3) is 0 Å². The van der Waals surface area contributed by atoms with Crippen LogP contribution in [0.15, 0.2) is 12.3 Å². The predicted octanol–water partition coefficient (Wildman–Crippen LogP) is 3.50. The van der Waals surface area contributed by atoms with Crippen molar-refractivity contribution in [1.29, 1.82) is 5.41 Å². The summed E-state index contributed by atoms with van der Waals surface area (Å²) in [6.45, 7) is 10.9. The first kappa shape index (κ1) is 18.5. The van der Waals surface area contributed by atoms with E-state index in [2.05, 4.69) is 33.0 Å². The lowest BCUT2D eigenvalue weighted by atomic mass is 9.48. The minimum atomic E-state index is -0.112. The third-order valence-corrected chi connectivity index (χ3v) is 5.40. The molecule has 0 saturated heterocycles. The lowest BCUT2D eigenvalue weighted by molar-refractivity contribution is -0.193. The molecule has 0 aliphatic heterocycles. The fraction of sp³-hybridized carbons (Fsp3) is 0.842. The highest BCUT2D eigenvalue weighted by molar-refractivity contribution is 5.67. The average Bonchev–Trinajstić information content (AvgIpc) is 2.37. The fourth-order valence-corrected chi connectivity index (χ4v) is 6.08. The molecular formula is C19H34N2O2. The van der Waals surface area contributed by atoms with Crippen LogP contribution in [-0.2, 0) is 4.74 Å². The van der Waals surface area contributed by atoms with Crippen LogP contribution in [0.4, 0.5) is 0 Å². The van der Waals surface area contributed by atoms with Crippen LogP contribution < -0.4 is 5.32 Å². The molecule has 0 spiro atoms. The zero-order valence-corrected chi connectivity index (χ0v) is 15.2. The maximum atomic E-state index is 9.25. The summed E-state index contributed by atoms with van der Waals surface area (Å²) in [6, 6.07) is 0. The Labute approximate surface area is 141 Å². The van der Waals surface area contributed by atoms with Crippen LogP contribution in [-0.4, -0.2) is 36.7 Å². The Morgan fingerprint density at radius 2 is 1.83 bits per heavy atom. The third kappa shape index (κ3) is 4.57. The van der Waals surface area contributed by atoms with Gasteiger partial charge in [0.05, 0.1) is 18.8 Å². The van der Waals surface area contributed by atoms with E-state index in [0.717, 1.165) is 25.8 Å². The highest BCUT2D eigenvalue weighted by Crippen LogP contribution is 2.62. The molecule has 0 heterocycles. The summed E-state index contributed by atoms with van der Waals surface area (Å²) in [5, 5.41) is 19.7. The van der Waals surface area contributed by atoms with E-state index in [1.54, 1.807) is 6.08 Å². The number of aliphatic hydroxyl groups excluding tert-OH is 1. The predicted molar refractivity (Wildman–Crippen MR) is 94.8 cm³/mol. The van der Waals surface area contributed by atoms with Crippen molar-refractivity contribution in [2.24, 2.45) is 16.2 Å². The van der Waals surface area contributed by atoms with Crippen molar-refractivity contribution in [2.45, 2.75) is 65.4 Å². The largest absolute Gasteiger partial charge is 0.394 e. The van der Waals surface area contributed by atoms with Crippen molar-refractivity contribution in [3.8, 4) is 0 Å². The van der Waals surface area contributed by atoms with E-state index >= 15 is 0 Å². The lowest BCUT2D eigenvalue weighted by Gasteiger charge is -2.61. The summed E-state index contributed by atoms with van der Waals surface area (Å²) in [6.07, 6.45) is 10.5. The second kappa shape index (κ2) is 6.56. The van der Waals surface area contributed by atoms with Gasteiger partial charge in [-0.15, -0.1) is 0 Å². The number of aliphatic hydroxyl groups is 1. The molecule has 4 heteroatoms. The van der Waals surface area contributed by atoms with Gasteiger partial charge in [-0.25, -0.2) is 0 Å². The molecule has 0 amide bonds. The molecule has 2 aliphatic carbocycles. The smallest absolute Gasteiger partial charge is 0.0705 e. The van der Waals surface area contributed by atoms with Crippen LogP contribution in [0, 0.1) is 21.7 Å². The zero-order chi connectivity index (χ0) is 17.2. The molecule has 132 valence electrons. The summed E-state index contributed by atoms with van der Waals surface area (Å²) < 4.78 is 6.28. The summed E-state index contributed by atoms with van der Waals surface area (Å²) in [5.41, 5.74) is 0.638. The standard InChI is InChI=1S/C19H34N2O2/c1-16(2)10-17(3)12-18(4,15-21-7-5-6-20)14-19(11-16,13-17)23-9-8-22/h5-7,20-22H,8-15H2,1-4H3/b7-5-,20-6?.